The second kappa shape index (κ2) is 10.9. The number of aromatic nitrogens is 3. The van der Waals surface area contributed by atoms with Crippen molar-refractivity contribution in [1.82, 2.24) is 19.9 Å². The van der Waals surface area contributed by atoms with Gasteiger partial charge in [0.25, 0.3) is 0 Å². The lowest BCUT2D eigenvalue weighted by molar-refractivity contribution is 0.0378. The summed E-state index contributed by atoms with van der Waals surface area (Å²) in [6.07, 6.45) is 7.45. The quantitative estimate of drug-likeness (QED) is 0.279. The van der Waals surface area contributed by atoms with E-state index in [0.29, 0.717) is 47.0 Å². The van der Waals surface area contributed by atoms with Crippen LogP contribution >= 0.6 is 0 Å². The van der Waals surface area contributed by atoms with E-state index >= 15 is 0 Å². The van der Waals surface area contributed by atoms with Crippen molar-refractivity contribution < 1.29 is 14.3 Å². The van der Waals surface area contributed by atoms with E-state index in [1.54, 1.807) is 7.11 Å². The number of carbonyl (C=O) groups excluding carboxylic acids is 1. The number of nitrogens with two attached hydrogens (primary N) is 1. The van der Waals surface area contributed by atoms with Crippen LogP contribution in [0, 0.1) is 0 Å². The number of hydrogen-bond acceptors (Lipinski definition) is 11. The SMILES string of the molecule is COc1cc(N2CCC[C@@H]2CN(C)C)c(N)cc1Nc1ncc(C(=O)OC(C)C)c(N2CC3(CC3)c3ncccc32)n1. The van der Waals surface area contributed by atoms with Crippen LogP contribution in [0.4, 0.5) is 34.5 Å². The molecule has 42 heavy (non-hydrogen) atoms. The lowest BCUT2D eigenvalue weighted by atomic mass is 10.1. The van der Waals surface area contributed by atoms with E-state index in [2.05, 4.69) is 39.1 Å². The molecule has 2 aromatic heterocycles. The monoisotopic (exact) mass is 572 g/mol. The van der Waals surface area contributed by atoms with Crippen LogP contribution in [0.1, 0.15) is 55.6 Å². The van der Waals surface area contributed by atoms with Crippen LogP contribution in [-0.2, 0) is 10.2 Å². The van der Waals surface area contributed by atoms with Gasteiger partial charge in [-0.3, -0.25) is 4.98 Å². The molecule has 3 aromatic rings. The highest BCUT2D eigenvalue weighted by molar-refractivity contribution is 5.96. The molecule has 1 aromatic carbocycles. The third-order valence-corrected chi connectivity index (χ3v) is 8.34. The summed E-state index contributed by atoms with van der Waals surface area (Å²) in [6, 6.07) is 8.20. The van der Waals surface area contributed by atoms with Crippen LogP contribution in [0.2, 0.25) is 0 Å². The van der Waals surface area contributed by atoms with Crippen molar-refractivity contribution in [2.45, 2.75) is 57.1 Å². The van der Waals surface area contributed by atoms with E-state index in [-0.39, 0.29) is 11.5 Å². The zero-order valence-electron chi connectivity index (χ0n) is 25.1. The molecule has 6 rings (SSSR count). The topological polar surface area (TPSA) is 122 Å². The average Bonchev–Trinajstić information content (AvgIpc) is 3.48. The normalized spacial score (nSPS) is 18.6. The summed E-state index contributed by atoms with van der Waals surface area (Å²) in [4.78, 5) is 33.9. The van der Waals surface area contributed by atoms with E-state index in [1.807, 2.05) is 44.3 Å². The first-order valence-corrected chi connectivity index (χ1v) is 14.7. The maximum Gasteiger partial charge on any atom is 0.343 e. The molecule has 1 saturated carbocycles. The molecule has 2 aliphatic heterocycles. The van der Waals surface area contributed by atoms with Crippen molar-refractivity contribution in [3.05, 3.63) is 47.9 Å². The second-order valence-corrected chi connectivity index (χ2v) is 12.1. The Balaban J connectivity index is 1.35. The summed E-state index contributed by atoms with van der Waals surface area (Å²) in [5.74, 6) is 0.988. The molecule has 0 amide bonds. The van der Waals surface area contributed by atoms with E-state index < -0.39 is 5.97 Å². The molecule has 222 valence electrons. The highest BCUT2D eigenvalue weighted by Crippen LogP contribution is 2.57. The molecule has 0 radical (unpaired) electrons. The molecular weight excluding hydrogens is 532 g/mol. The van der Waals surface area contributed by atoms with Gasteiger partial charge < -0.3 is 35.2 Å². The van der Waals surface area contributed by atoms with Gasteiger partial charge in [-0.2, -0.15) is 4.98 Å². The molecule has 3 N–H and O–H groups in total. The number of anilines is 6. The Hall–Kier alpha value is -4.12. The van der Waals surface area contributed by atoms with Gasteiger partial charge in [-0.05, 0) is 71.8 Å². The molecule has 4 heterocycles. The lowest BCUT2D eigenvalue weighted by Gasteiger charge is -2.30. The van der Waals surface area contributed by atoms with Crippen LogP contribution in [-0.4, -0.2) is 78.8 Å². The predicted molar refractivity (Wildman–Crippen MR) is 164 cm³/mol. The number of pyridine rings is 1. The predicted octanol–water partition coefficient (Wildman–Crippen LogP) is 4.48. The molecular formula is C31H40N8O3. The van der Waals surface area contributed by atoms with Crippen LogP contribution in [0.25, 0.3) is 0 Å². The number of ether oxygens (including phenoxy) is 2. The van der Waals surface area contributed by atoms with Gasteiger partial charge in [0, 0.05) is 49.6 Å². The van der Waals surface area contributed by atoms with Gasteiger partial charge >= 0.3 is 5.97 Å². The minimum absolute atomic E-state index is 0.00186. The van der Waals surface area contributed by atoms with Gasteiger partial charge in [-0.25, -0.2) is 9.78 Å². The maximum absolute atomic E-state index is 13.2. The average molecular weight is 573 g/mol. The molecule has 1 aliphatic carbocycles. The van der Waals surface area contributed by atoms with Gasteiger partial charge in [0.2, 0.25) is 5.95 Å². The third-order valence-electron chi connectivity index (χ3n) is 8.34. The Morgan fingerprint density at radius 3 is 2.76 bits per heavy atom. The Labute approximate surface area is 247 Å². The number of rotatable bonds is 9. The fourth-order valence-electron chi connectivity index (χ4n) is 6.27. The smallest absolute Gasteiger partial charge is 0.343 e. The first kappa shape index (κ1) is 28.0. The molecule has 1 saturated heterocycles. The number of carbonyl (C=O) groups is 1. The summed E-state index contributed by atoms with van der Waals surface area (Å²) in [7, 11) is 5.83. The number of nitrogen functional groups attached to an aromatic ring is 1. The number of methoxy groups -OCH3 is 1. The summed E-state index contributed by atoms with van der Waals surface area (Å²) in [5.41, 5.74) is 11.2. The largest absolute Gasteiger partial charge is 0.494 e. The van der Waals surface area contributed by atoms with Gasteiger partial charge in [-0.15, -0.1) is 0 Å². The van der Waals surface area contributed by atoms with Crippen LogP contribution < -0.4 is 25.6 Å². The second-order valence-electron chi connectivity index (χ2n) is 12.1. The van der Waals surface area contributed by atoms with Crippen molar-refractivity contribution in [3.8, 4) is 5.75 Å². The summed E-state index contributed by atoms with van der Waals surface area (Å²) < 4.78 is 11.4. The number of nitrogens with zero attached hydrogens (tertiary/aromatic N) is 6. The van der Waals surface area contributed by atoms with Crippen LogP contribution in [0.15, 0.2) is 36.7 Å². The van der Waals surface area contributed by atoms with Crippen molar-refractivity contribution in [1.29, 1.82) is 0 Å². The fourth-order valence-corrected chi connectivity index (χ4v) is 6.27. The van der Waals surface area contributed by atoms with E-state index in [9.17, 15) is 4.79 Å². The molecule has 11 nitrogen and oxygen atoms in total. The molecule has 0 unspecified atom stereocenters. The lowest BCUT2D eigenvalue weighted by Crippen LogP contribution is -2.37. The maximum atomic E-state index is 13.2. The highest BCUT2D eigenvalue weighted by Gasteiger charge is 2.54. The summed E-state index contributed by atoms with van der Waals surface area (Å²) in [5, 5.41) is 3.31. The Morgan fingerprint density at radius 1 is 1.24 bits per heavy atom. The summed E-state index contributed by atoms with van der Waals surface area (Å²) in [6.45, 7) is 6.27. The fraction of sp³-hybridized carbons (Fsp3) is 0.484. The minimum atomic E-state index is -0.460. The molecule has 3 aliphatic rings. The number of likely N-dealkylation sites (N-methyl/N-ethyl adjacent to an activating group) is 1. The van der Waals surface area contributed by atoms with Crippen LogP contribution in [0.5, 0.6) is 5.75 Å². The van der Waals surface area contributed by atoms with Crippen molar-refractivity contribution in [2.24, 2.45) is 0 Å². The molecule has 1 atom stereocenters. The Kier molecular flexibility index (Phi) is 7.30. The number of nitrogens with one attached hydrogen (secondary N) is 1. The van der Waals surface area contributed by atoms with Gasteiger partial charge in [-0.1, -0.05) is 0 Å². The third kappa shape index (κ3) is 5.17. The summed E-state index contributed by atoms with van der Waals surface area (Å²) >= 11 is 0. The highest BCUT2D eigenvalue weighted by atomic mass is 16.5. The number of esters is 1. The molecule has 2 fully saturated rings. The van der Waals surface area contributed by atoms with Crippen LogP contribution in [0.3, 0.4) is 0 Å². The number of benzene rings is 1. The zero-order valence-corrected chi connectivity index (χ0v) is 25.1. The minimum Gasteiger partial charge on any atom is -0.494 e. The molecule has 0 bridgehead atoms. The number of hydrogen-bond donors (Lipinski definition) is 2. The number of fused-ring (bicyclic) bond motifs is 2. The standard InChI is InChI=1S/C31H40N8O3/c1-19(2)42-29(40)21-16-34-30(36-28(21)39-18-31(10-11-31)27-24(39)9-6-12-33-27)35-23-14-22(32)25(15-26(23)41-5)38-13-7-8-20(38)17-37(3)4/h6,9,12,14-16,19-20H,7-8,10-11,13,17-18,32H2,1-5H3,(H,34,35,36)/t20-/m1/s1. The Bertz CT molecular complexity index is 1490. The van der Waals surface area contributed by atoms with E-state index in [4.69, 9.17) is 25.2 Å². The van der Waals surface area contributed by atoms with E-state index in [0.717, 1.165) is 55.8 Å². The van der Waals surface area contributed by atoms with Gasteiger partial charge in [0.15, 0.2) is 5.82 Å². The van der Waals surface area contributed by atoms with Crippen molar-refractivity contribution >= 4 is 40.5 Å². The van der Waals surface area contributed by atoms with Crippen molar-refractivity contribution in [3.63, 3.8) is 0 Å². The Morgan fingerprint density at radius 2 is 2.05 bits per heavy atom. The van der Waals surface area contributed by atoms with E-state index in [1.165, 1.54) is 6.20 Å². The zero-order chi connectivity index (χ0) is 29.6. The first-order chi connectivity index (χ1) is 20.2. The van der Waals surface area contributed by atoms with Gasteiger partial charge in [0.05, 0.1) is 41.7 Å². The van der Waals surface area contributed by atoms with Crippen molar-refractivity contribution in [2.75, 3.05) is 61.7 Å². The molecule has 11 heteroatoms. The van der Waals surface area contributed by atoms with Gasteiger partial charge in [0.1, 0.15) is 11.3 Å². The molecule has 1 spiro atoms. The first-order valence-electron chi connectivity index (χ1n) is 14.7.